The van der Waals surface area contributed by atoms with Gasteiger partial charge in [0.15, 0.2) is 6.35 Å². The molecule has 0 bridgehead atoms. The summed E-state index contributed by atoms with van der Waals surface area (Å²) in [6.45, 7) is 8.67. The van der Waals surface area contributed by atoms with Gasteiger partial charge in [0.2, 0.25) is 5.91 Å². The van der Waals surface area contributed by atoms with Crippen molar-refractivity contribution in [3.05, 3.63) is 52.6 Å². The Morgan fingerprint density at radius 3 is 2.39 bits per heavy atom. The Bertz CT molecular complexity index is 1410. The van der Waals surface area contributed by atoms with Crippen LogP contribution in [0, 0.1) is 5.92 Å². The summed E-state index contributed by atoms with van der Waals surface area (Å²) < 4.78 is 41.3. The molecule has 242 valence electrons. The van der Waals surface area contributed by atoms with Crippen LogP contribution in [0.2, 0.25) is 0 Å². The summed E-state index contributed by atoms with van der Waals surface area (Å²) in [5.41, 5.74) is 4.85. The number of carbonyl (C=O) groups is 3. The van der Waals surface area contributed by atoms with Crippen molar-refractivity contribution in [1.82, 2.24) is 20.2 Å². The predicted molar refractivity (Wildman–Crippen MR) is 159 cm³/mol. The van der Waals surface area contributed by atoms with Gasteiger partial charge in [-0.25, -0.2) is 18.9 Å². The lowest BCUT2D eigenvalue weighted by atomic mass is 10.0. The largest absolute Gasteiger partial charge is 0.467 e. The molecule has 1 aliphatic heterocycles. The highest BCUT2D eigenvalue weighted by atomic mass is 31.2. The second kappa shape index (κ2) is 14.7. The Labute approximate surface area is 255 Å². The fraction of sp³-hybridized carbons (Fsp3) is 0.536. The molecule has 1 saturated heterocycles. The van der Waals surface area contributed by atoms with Crippen LogP contribution in [0.25, 0.3) is 0 Å². The molecule has 2 heterocycles. The van der Waals surface area contributed by atoms with Gasteiger partial charge in [0.1, 0.15) is 35.4 Å². The van der Waals surface area contributed by atoms with Crippen molar-refractivity contribution in [2.75, 3.05) is 25.8 Å². The molecular formula is C28H40N5O10P. The van der Waals surface area contributed by atoms with Gasteiger partial charge >= 0.3 is 25.3 Å². The minimum absolute atomic E-state index is 0.0637. The van der Waals surface area contributed by atoms with Crippen molar-refractivity contribution in [3.63, 3.8) is 0 Å². The third kappa shape index (κ3) is 10.4. The van der Waals surface area contributed by atoms with Crippen LogP contribution < -0.4 is 26.6 Å². The summed E-state index contributed by atoms with van der Waals surface area (Å²) in [6.07, 6.45) is -0.0883. The molecule has 1 aromatic heterocycles. The Balaban J connectivity index is 1.58. The second-order valence-corrected chi connectivity index (χ2v) is 13.4. The SMILES string of the molecule is COC(=O)[C@H](Cc1ccc(O[P@]2(=O)CO[C@@H](Cn3ccc(N)nc3=O)CO2)cc1)NC(=O)[C@@H](NC(=O)OC(C)(C)C)C(C)C. The van der Waals surface area contributed by atoms with Gasteiger partial charge in [0.05, 0.1) is 20.3 Å². The van der Waals surface area contributed by atoms with Crippen LogP contribution in [0.1, 0.15) is 40.2 Å². The van der Waals surface area contributed by atoms with Crippen LogP contribution in [-0.4, -0.2) is 71.4 Å². The van der Waals surface area contributed by atoms with Gasteiger partial charge in [-0.2, -0.15) is 4.98 Å². The summed E-state index contributed by atoms with van der Waals surface area (Å²) in [4.78, 5) is 53.5. The quantitative estimate of drug-likeness (QED) is 0.240. The first-order valence-corrected chi connectivity index (χ1v) is 15.6. The molecule has 1 aromatic carbocycles. The van der Waals surface area contributed by atoms with Crippen molar-refractivity contribution in [2.24, 2.45) is 5.92 Å². The highest BCUT2D eigenvalue weighted by Crippen LogP contribution is 2.50. The molecule has 2 aromatic rings. The maximum atomic E-state index is 13.1. The van der Waals surface area contributed by atoms with E-state index >= 15 is 0 Å². The first-order valence-electron chi connectivity index (χ1n) is 13.9. The summed E-state index contributed by atoms with van der Waals surface area (Å²) in [6, 6.07) is 5.81. The minimum atomic E-state index is -3.65. The summed E-state index contributed by atoms with van der Waals surface area (Å²) in [5, 5.41) is 5.21. The van der Waals surface area contributed by atoms with Crippen LogP contribution in [0.4, 0.5) is 10.6 Å². The number of amides is 2. The van der Waals surface area contributed by atoms with Crippen LogP contribution in [0.3, 0.4) is 0 Å². The third-order valence-corrected chi connectivity index (χ3v) is 7.75. The molecule has 1 aliphatic rings. The molecule has 16 heteroatoms. The zero-order valence-electron chi connectivity index (χ0n) is 25.6. The molecule has 2 amide bonds. The van der Waals surface area contributed by atoms with Crippen molar-refractivity contribution < 1.29 is 42.2 Å². The van der Waals surface area contributed by atoms with Gasteiger partial charge in [-0.05, 0) is 50.5 Å². The number of alkyl carbamates (subject to hydrolysis) is 1. The number of nitrogens with zero attached hydrogens (tertiary/aromatic N) is 2. The average Bonchev–Trinajstić information content (AvgIpc) is 2.93. The summed E-state index contributed by atoms with van der Waals surface area (Å²) >= 11 is 0. The molecule has 3 rings (SSSR count). The first kappa shape index (κ1) is 34.5. The van der Waals surface area contributed by atoms with Crippen LogP contribution >= 0.6 is 7.60 Å². The molecule has 1 fully saturated rings. The number of hydrogen-bond acceptors (Lipinski definition) is 12. The number of nitrogen functional groups attached to an aromatic ring is 1. The average molecular weight is 638 g/mol. The van der Waals surface area contributed by atoms with Crippen molar-refractivity contribution >= 4 is 31.4 Å². The number of carbonyl (C=O) groups excluding carboxylic acids is 3. The number of rotatable bonds is 11. The first-order chi connectivity index (χ1) is 20.6. The third-order valence-electron chi connectivity index (χ3n) is 6.25. The number of esters is 1. The number of aromatic nitrogens is 2. The van der Waals surface area contributed by atoms with Crippen molar-refractivity contribution in [1.29, 1.82) is 0 Å². The van der Waals surface area contributed by atoms with Gasteiger partial charge < -0.3 is 35.1 Å². The fourth-order valence-corrected chi connectivity index (χ4v) is 5.50. The lowest BCUT2D eigenvalue weighted by Gasteiger charge is -2.29. The van der Waals surface area contributed by atoms with Gasteiger partial charge in [0, 0.05) is 12.6 Å². The lowest BCUT2D eigenvalue weighted by molar-refractivity contribution is -0.145. The smallest absolute Gasteiger partial charge is 0.408 e. The Morgan fingerprint density at radius 1 is 1.16 bits per heavy atom. The fourth-order valence-electron chi connectivity index (χ4n) is 4.09. The van der Waals surface area contributed by atoms with E-state index in [2.05, 4.69) is 15.6 Å². The van der Waals surface area contributed by atoms with Crippen molar-refractivity contribution in [2.45, 2.75) is 71.4 Å². The molecular weight excluding hydrogens is 597 g/mol. The Morgan fingerprint density at radius 2 is 1.84 bits per heavy atom. The van der Waals surface area contributed by atoms with E-state index in [0.29, 0.717) is 5.56 Å². The van der Waals surface area contributed by atoms with E-state index in [1.807, 2.05) is 0 Å². The monoisotopic (exact) mass is 637 g/mol. The zero-order valence-corrected chi connectivity index (χ0v) is 26.5. The Kier molecular flexibility index (Phi) is 11.5. The number of methoxy groups -OCH3 is 1. The number of hydrogen-bond donors (Lipinski definition) is 3. The van der Waals surface area contributed by atoms with Crippen LogP contribution in [0.5, 0.6) is 5.75 Å². The van der Waals surface area contributed by atoms with Crippen LogP contribution in [-0.2, 0) is 45.9 Å². The van der Waals surface area contributed by atoms with Crippen LogP contribution in [0.15, 0.2) is 41.3 Å². The minimum Gasteiger partial charge on any atom is -0.467 e. The standard InChI is InChI=1S/C28H40N5O10P/c1-17(2)23(32-27(37)42-28(3,4)5)24(34)30-21(25(35)39-6)13-18-7-9-19(10-8-18)43-44(38)16-40-20(15-41-44)14-33-12-11-22(29)31-26(33)36/h7-12,17,20-21,23H,13-16H2,1-6H3,(H,30,34)(H,32,37)(H2,29,31,36)/t20-,21-,23-,44-/m0/s1. The Hall–Kier alpha value is -3.94. The van der Waals surface area contributed by atoms with E-state index in [-0.39, 0.29) is 43.4 Å². The molecule has 0 aliphatic carbocycles. The summed E-state index contributed by atoms with van der Waals surface area (Å²) in [5.74, 6) is -1.22. The van der Waals surface area contributed by atoms with Gasteiger partial charge in [-0.1, -0.05) is 26.0 Å². The van der Waals surface area contributed by atoms with E-state index in [1.165, 1.54) is 23.9 Å². The maximum absolute atomic E-state index is 13.1. The number of anilines is 1. The van der Waals surface area contributed by atoms with Gasteiger partial charge in [-0.3, -0.25) is 13.9 Å². The molecule has 0 unspecified atom stereocenters. The van der Waals surface area contributed by atoms with E-state index in [4.69, 9.17) is 29.0 Å². The van der Waals surface area contributed by atoms with E-state index in [0.717, 1.165) is 0 Å². The second-order valence-electron chi connectivity index (χ2n) is 11.5. The highest BCUT2D eigenvalue weighted by Gasteiger charge is 2.35. The zero-order chi connectivity index (χ0) is 32.7. The maximum Gasteiger partial charge on any atom is 0.408 e. The van der Waals surface area contributed by atoms with E-state index in [1.54, 1.807) is 58.9 Å². The summed E-state index contributed by atoms with van der Waals surface area (Å²) in [7, 11) is -2.44. The lowest BCUT2D eigenvalue weighted by Crippen LogP contribution is -2.55. The van der Waals surface area contributed by atoms with Gasteiger partial charge in [-0.15, -0.1) is 0 Å². The normalized spacial score (nSPS) is 19.8. The molecule has 0 radical (unpaired) electrons. The molecule has 4 N–H and O–H groups in total. The van der Waals surface area contributed by atoms with E-state index < -0.39 is 55.0 Å². The molecule has 44 heavy (non-hydrogen) atoms. The number of nitrogens with two attached hydrogens (primary N) is 1. The molecule has 4 atom stereocenters. The number of nitrogens with one attached hydrogen (secondary N) is 2. The van der Waals surface area contributed by atoms with E-state index in [9.17, 15) is 23.7 Å². The molecule has 15 nitrogen and oxygen atoms in total. The molecule has 0 spiro atoms. The number of benzene rings is 1. The molecule has 0 saturated carbocycles. The van der Waals surface area contributed by atoms with Gasteiger partial charge in [0.25, 0.3) is 0 Å². The highest BCUT2D eigenvalue weighted by molar-refractivity contribution is 7.54. The predicted octanol–water partition coefficient (Wildman–Crippen LogP) is 2.22. The van der Waals surface area contributed by atoms with Crippen molar-refractivity contribution in [3.8, 4) is 5.75 Å². The number of ether oxygens (including phenoxy) is 3. The topological polar surface area (TPSA) is 199 Å².